The smallest absolute Gasteiger partial charge is 0.277 e. The Kier molecular flexibility index (Phi) is 4.14. The Balaban J connectivity index is 1.15. The number of hydrogen-bond acceptors (Lipinski definition) is 6. The topological polar surface area (TPSA) is 85.1 Å². The fourth-order valence-corrected chi connectivity index (χ4v) is 7.31. The van der Waals surface area contributed by atoms with E-state index in [1.54, 1.807) is 6.07 Å². The number of fused-ring (bicyclic) bond motifs is 1. The van der Waals surface area contributed by atoms with Gasteiger partial charge in [-0.05, 0) is 87.0 Å². The minimum absolute atomic E-state index is 0.00361. The van der Waals surface area contributed by atoms with E-state index < -0.39 is 0 Å². The van der Waals surface area contributed by atoms with Gasteiger partial charge in [0.1, 0.15) is 0 Å². The van der Waals surface area contributed by atoms with Gasteiger partial charge in [-0.3, -0.25) is 9.59 Å². The first-order valence-electron chi connectivity index (χ1n) is 10.9. The maximum Gasteiger partial charge on any atom is 0.277 e. The second kappa shape index (κ2) is 6.67. The van der Waals surface area contributed by atoms with Gasteiger partial charge in [0.25, 0.3) is 5.22 Å². The maximum atomic E-state index is 12.7. The molecule has 30 heavy (non-hydrogen) atoms. The number of nitrogens with zero attached hydrogens (tertiary/aromatic N) is 2. The third kappa shape index (κ3) is 2.93. The average Bonchev–Trinajstić information content (AvgIpc) is 3.30. The third-order valence-electron chi connectivity index (χ3n) is 7.72. The average molecular weight is 424 g/mol. The molecule has 1 N–H and O–H groups in total. The molecule has 0 saturated heterocycles. The van der Waals surface area contributed by atoms with Crippen LogP contribution in [0.25, 0.3) is 0 Å². The van der Waals surface area contributed by atoms with Crippen LogP contribution in [0.2, 0.25) is 0 Å². The van der Waals surface area contributed by atoms with E-state index in [2.05, 4.69) is 15.5 Å². The summed E-state index contributed by atoms with van der Waals surface area (Å²) in [7, 11) is 0. The van der Waals surface area contributed by atoms with Gasteiger partial charge in [0.2, 0.25) is 11.8 Å². The van der Waals surface area contributed by atoms with Gasteiger partial charge < -0.3 is 9.73 Å². The molecule has 1 aromatic carbocycles. The zero-order chi connectivity index (χ0) is 20.5. The third-order valence-corrected chi connectivity index (χ3v) is 8.53. The predicted molar refractivity (Wildman–Crippen MR) is 113 cm³/mol. The first-order chi connectivity index (χ1) is 14.5. The van der Waals surface area contributed by atoms with E-state index in [1.165, 1.54) is 50.3 Å². The van der Waals surface area contributed by atoms with Gasteiger partial charge >= 0.3 is 0 Å². The molecule has 0 radical (unpaired) electrons. The summed E-state index contributed by atoms with van der Waals surface area (Å²) in [6.07, 6.45) is 7.69. The van der Waals surface area contributed by atoms with E-state index in [9.17, 15) is 9.59 Å². The van der Waals surface area contributed by atoms with Crippen molar-refractivity contribution in [3.63, 3.8) is 0 Å². The molecule has 0 unspecified atom stereocenters. The number of nitrogens with one attached hydrogen (secondary N) is 1. The zero-order valence-electron chi connectivity index (χ0n) is 17.0. The SMILES string of the molecule is C[C@H]1C(=O)Nc2ccc(C(=O)CSc3nnc(C45CC6CC(CC(C6)C4)C5)o3)cc21. The molecule has 6 nitrogen and oxygen atoms in total. The Morgan fingerprint density at radius 3 is 2.57 bits per heavy atom. The first kappa shape index (κ1) is 18.6. The molecular formula is C23H25N3O3S. The molecule has 2 aromatic rings. The van der Waals surface area contributed by atoms with Gasteiger partial charge in [-0.2, -0.15) is 0 Å². The van der Waals surface area contributed by atoms with Crippen molar-refractivity contribution in [2.24, 2.45) is 17.8 Å². The van der Waals surface area contributed by atoms with Gasteiger partial charge in [-0.25, -0.2) is 0 Å². The normalized spacial score (nSPS) is 33.6. The largest absolute Gasteiger partial charge is 0.415 e. The van der Waals surface area contributed by atoms with Gasteiger partial charge in [0.15, 0.2) is 5.78 Å². The van der Waals surface area contributed by atoms with E-state index in [0.717, 1.165) is 34.9 Å². The number of thioether (sulfide) groups is 1. The number of aromatic nitrogens is 2. The molecule has 1 aromatic heterocycles. The molecule has 2 heterocycles. The quantitative estimate of drug-likeness (QED) is 0.560. The summed E-state index contributed by atoms with van der Waals surface area (Å²) < 4.78 is 6.09. The Hall–Kier alpha value is -2.15. The molecule has 1 aliphatic heterocycles. The van der Waals surface area contributed by atoms with Crippen LogP contribution < -0.4 is 5.32 Å². The van der Waals surface area contributed by atoms with E-state index >= 15 is 0 Å². The molecule has 156 valence electrons. The van der Waals surface area contributed by atoms with Crippen molar-refractivity contribution in [1.82, 2.24) is 10.2 Å². The molecule has 4 bridgehead atoms. The van der Waals surface area contributed by atoms with E-state index in [-0.39, 0.29) is 28.8 Å². The fraction of sp³-hybridized carbons (Fsp3) is 0.565. The lowest BCUT2D eigenvalue weighted by Crippen LogP contribution is -2.48. The summed E-state index contributed by atoms with van der Waals surface area (Å²) in [5.41, 5.74) is 2.39. The predicted octanol–water partition coefficient (Wildman–Crippen LogP) is 4.57. The van der Waals surface area contributed by atoms with Gasteiger partial charge in [0.05, 0.1) is 11.7 Å². The molecule has 1 amide bonds. The molecular weight excluding hydrogens is 398 g/mol. The maximum absolute atomic E-state index is 12.7. The number of benzene rings is 1. The Labute approximate surface area is 179 Å². The fourth-order valence-electron chi connectivity index (χ4n) is 6.66. The highest BCUT2D eigenvalue weighted by atomic mass is 32.2. The molecule has 7 heteroatoms. The highest BCUT2D eigenvalue weighted by Crippen LogP contribution is 2.60. The molecule has 5 aliphatic rings. The number of Topliss-reactive ketones (excluding diaryl/α,β-unsaturated/α-hetero) is 1. The Bertz CT molecular complexity index is 1010. The second-order valence-electron chi connectivity index (χ2n) is 9.80. The molecule has 4 fully saturated rings. The van der Waals surface area contributed by atoms with Crippen LogP contribution in [0.5, 0.6) is 0 Å². The molecule has 0 spiro atoms. The summed E-state index contributed by atoms with van der Waals surface area (Å²) >= 11 is 1.31. The van der Waals surface area contributed by atoms with E-state index in [4.69, 9.17) is 4.42 Å². The summed E-state index contributed by atoms with van der Waals surface area (Å²) in [5, 5.41) is 12.0. The minimum atomic E-state index is -0.223. The minimum Gasteiger partial charge on any atom is -0.415 e. The van der Waals surface area contributed by atoms with Crippen LogP contribution in [0, 0.1) is 17.8 Å². The molecule has 4 aliphatic carbocycles. The van der Waals surface area contributed by atoms with Crippen molar-refractivity contribution in [2.45, 2.75) is 62.0 Å². The number of carbonyl (C=O) groups excluding carboxylic acids is 2. The number of hydrogen-bond donors (Lipinski definition) is 1. The second-order valence-corrected chi connectivity index (χ2v) is 10.7. The Morgan fingerprint density at radius 2 is 1.87 bits per heavy atom. The van der Waals surface area contributed by atoms with Crippen LogP contribution in [0.15, 0.2) is 27.8 Å². The number of ketones is 1. The first-order valence-corrected chi connectivity index (χ1v) is 11.9. The number of amides is 1. The standard InChI is InChI=1S/C23H25N3O3S/c1-12-17-7-16(2-3-18(17)24-20(12)28)19(27)11-30-22-26-25-21(29-22)23-8-13-4-14(9-23)6-15(5-13)10-23/h2-3,7,12-15H,4-6,8-11H2,1H3,(H,24,28)/t12-,13?,14?,15?,23?/m1/s1. The lowest BCUT2D eigenvalue weighted by Gasteiger charge is -2.55. The van der Waals surface area contributed by atoms with Crippen LogP contribution in [0.4, 0.5) is 5.69 Å². The number of anilines is 1. The zero-order valence-corrected chi connectivity index (χ0v) is 17.8. The summed E-state index contributed by atoms with van der Waals surface area (Å²) in [4.78, 5) is 24.5. The van der Waals surface area contributed by atoms with Crippen LogP contribution in [-0.4, -0.2) is 27.6 Å². The summed E-state index contributed by atoms with van der Waals surface area (Å²) in [6, 6.07) is 5.41. The lowest BCUT2D eigenvalue weighted by atomic mass is 9.49. The van der Waals surface area contributed by atoms with Crippen molar-refractivity contribution in [1.29, 1.82) is 0 Å². The summed E-state index contributed by atoms with van der Waals surface area (Å²) in [6.45, 7) is 1.86. The highest BCUT2D eigenvalue weighted by Gasteiger charge is 2.54. The van der Waals surface area contributed by atoms with Crippen LogP contribution in [-0.2, 0) is 10.2 Å². The number of rotatable bonds is 5. The van der Waals surface area contributed by atoms with Gasteiger partial charge in [-0.15, -0.1) is 10.2 Å². The van der Waals surface area contributed by atoms with Crippen molar-refractivity contribution >= 4 is 29.1 Å². The highest BCUT2D eigenvalue weighted by molar-refractivity contribution is 7.99. The van der Waals surface area contributed by atoms with Crippen LogP contribution in [0.1, 0.15) is 73.2 Å². The van der Waals surface area contributed by atoms with Crippen molar-refractivity contribution in [2.75, 3.05) is 11.1 Å². The molecule has 1 atom stereocenters. The molecule has 7 rings (SSSR count). The number of carbonyl (C=O) groups is 2. The van der Waals surface area contributed by atoms with Crippen LogP contribution >= 0.6 is 11.8 Å². The lowest BCUT2D eigenvalue weighted by molar-refractivity contribution is -0.116. The van der Waals surface area contributed by atoms with Crippen LogP contribution in [0.3, 0.4) is 0 Å². The van der Waals surface area contributed by atoms with Crippen molar-refractivity contribution in [3.05, 3.63) is 35.2 Å². The van der Waals surface area contributed by atoms with E-state index in [1.807, 2.05) is 19.1 Å². The van der Waals surface area contributed by atoms with E-state index in [0.29, 0.717) is 10.8 Å². The summed E-state index contributed by atoms with van der Waals surface area (Å²) in [5.74, 6) is 3.28. The monoisotopic (exact) mass is 423 g/mol. The molecule has 4 saturated carbocycles. The van der Waals surface area contributed by atoms with Gasteiger partial charge in [0, 0.05) is 16.7 Å². The van der Waals surface area contributed by atoms with Crippen molar-refractivity contribution < 1.29 is 14.0 Å². The van der Waals surface area contributed by atoms with Gasteiger partial charge in [-0.1, -0.05) is 11.8 Å². The van der Waals surface area contributed by atoms with Crippen molar-refractivity contribution in [3.8, 4) is 0 Å². The Morgan fingerprint density at radius 1 is 1.17 bits per heavy atom.